The number of esters is 1. The van der Waals surface area contributed by atoms with Crippen LogP contribution in [0, 0.1) is 0 Å². The number of sulfonamides is 1. The Labute approximate surface area is 143 Å². The quantitative estimate of drug-likeness (QED) is 0.806. The first-order chi connectivity index (χ1) is 11.5. The predicted octanol–water partition coefficient (Wildman–Crippen LogP) is 1.88. The molecule has 0 radical (unpaired) electrons. The molecule has 2 aromatic heterocycles. The number of anilines is 1. The van der Waals surface area contributed by atoms with Gasteiger partial charge in [0.1, 0.15) is 9.77 Å². The van der Waals surface area contributed by atoms with Crippen LogP contribution in [0.1, 0.15) is 28.6 Å². The van der Waals surface area contributed by atoms with Crippen molar-refractivity contribution in [1.29, 1.82) is 0 Å². The van der Waals surface area contributed by atoms with Crippen LogP contribution in [0.2, 0.25) is 0 Å². The summed E-state index contributed by atoms with van der Waals surface area (Å²) in [6.07, 6.45) is 4.78. The lowest BCUT2D eigenvalue weighted by atomic mass is 10.1. The predicted molar refractivity (Wildman–Crippen MR) is 87.8 cm³/mol. The molecular weight excluding hydrogens is 354 g/mol. The van der Waals surface area contributed by atoms with Crippen molar-refractivity contribution in [1.82, 2.24) is 9.78 Å². The molecule has 0 unspecified atom stereocenters. The molecule has 1 fully saturated rings. The van der Waals surface area contributed by atoms with Crippen LogP contribution in [0.25, 0.3) is 0 Å². The molecule has 3 heterocycles. The van der Waals surface area contributed by atoms with Gasteiger partial charge in [0.2, 0.25) is 0 Å². The number of hydrogen-bond donors (Lipinski definition) is 1. The summed E-state index contributed by atoms with van der Waals surface area (Å²) in [4.78, 5) is 11.6. The lowest BCUT2D eigenvalue weighted by Gasteiger charge is -2.22. The van der Waals surface area contributed by atoms with Crippen molar-refractivity contribution in [2.45, 2.75) is 23.8 Å². The highest BCUT2D eigenvalue weighted by Crippen LogP contribution is 2.26. The zero-order valence-corrected chi connectivity index (χ0v) is 14.6. The molecule has 0 atom stereocenters. The third-order valence-electron chi connectivity index (χ3n) is 3.71. The van der Waals surface area contributed by atoms with Crippen LogP contribution in [0.15, 0.2) is 28.7 Å². The van der Waals surface area contributed by atoms with Crippen LogP contribution >= 0.6 is 11.3 Å². The number of carbonyl (C=O) groups is 1. The van der Waals surface area contributed by atoms with Crippen LogP contribution in [0.3, 0.4) is 0 Å². The monoisotopic (exact) mass is 371 g/mol. The number of nitrogens with one attached hydrogen (secondary N) is 1. The summed E-state index contributed by atoms with van der Waals surface area (Å²) in [6.45, 7) is 1.34. The maximum absolute atomic E-state index is 12.5. The molecule has 0 aromatic carbocycles. The lowest BCUT2D eigenvalue weighted by Crippen LogP contribution is -2.20. The van der Waals surface area contributed by atoms with E-state index in [2.05, 4.69) is 14.6 Å². The zero-order chi connectivity index (χ0) is 17.2. The molecule has 3 rings (SSSR count). The standard InChI is InChI=1S/C14H17N3O5S2/c1-21-14(18)13-12(4-7-23-13)24(19,20)16-10-8-15-17(9-10)11-2-5-22-6-3-11/h4,7-9,11,16H,2-3,5-6H2,1H3. The second kappa shape index (κ2) is 6.91. The van der Waals surface area contributed by atoms with Gasteiger partial charge in [-0.3, -0.25) is 9.40 Å². The number of hydrogen-bond acceptors (Lipinski definition) is 7. The van der Waals surface area contributed by atoms with Crippen LogP contribution in [-0.4, -0.2) is 44.5 Å². The summed E-state index contributed by atoms with van der Waals surface area (Å²) in [5.41, 5.74) is 0.350. The largest absolute Gasteiger partial charge is 0.465 e. The van der Waals surface area contributed by atoms with Gasteiger partial charge in [-0.2, -0.15) is 5.10 Å². The van der Waals surface area contributed by atoms with Gasteiger partial charge in [0.25, 0.3) is 10.0 Å². The number of rotatable bonds is 5. The smallest absolute Gasteiger partial charge is 0.349 e. The summed E-state index contributed by atoms with van der Waals surface area (Å²) in [7, 11) is -2.68. The van der Waals surface area contributed by atoms with Gasteiger partial charge in [-0.05, 0) is 24.3 Å². The summed E-state index contributed by atoms with van der Waals surface area (Å²) >= 11 is 1.02. The van der Waals surface area contributed by atoms with Gasteiger partial charge in [0, 0.05) is 19.4 Å². The number of thiophene rings is 1. The van der Waals surface area contributed by atoms with E-state index in [-0.39, 0.29) is 15.8 Å². The van der Waals surface area contributed by atoms with Gasteiger partial charge < -0.3 is 9.47 Å². The molecule has 0 amide bonds. The fourth-order valence-electron chi connectivity index (χ4n) is 2.50. The van der Waals surface area contributed by atoms with Gasteiger partial charge in [0.05, 0.1) is 25.0 Å². The minimum atomic E-state index is -3.89. The van der Waals surface area contributed by atoms with Crippen molar-refractivity contribution in [3.05, 3.63) is 28.7 Å². The van der Waals surface area contributed by atoms with Crippen molar-refractivity contribution in [3.63, 3.8) is 0 Å². The minimum Gasteiger partial charge on any atom is -0.465 e. The molecule has 8 nitrogen and oxygen atoms in total. The Hall–Kier alpha value is -1.91. The normalized spacial score (nSPS) is 16.0. The van der Waals surface area contributed by atoms with Crippen molar-refractivity contribution in [2.75, 3.05) is 25.0 Å². The number of methoxy groups -OCH3 is 1. The number of carbonyl (C=O) groups excluding carboxylic acids is 1. The third-order valence-corrected chi connectivity index (χ3v) is 6.16. The van der Waals surface area contributed by atoms with Gasteiger partial charge in [-0.1, -0.05) is 0 Å². The van der Waals surface area contributed by atoms with Crippen LogP contribution in [0.4, 0.5) is 5.69 Å². The van der Waals surface area contributed by atoms with Crippen molar-refractivity contribution < 1.29 is 22.7 Å². The molecule has 130 valence electrons. The first kappa shape index (κ1) is 16.9. The molecular formula is C14H17N3O5S2. The highest BCUT2D eigenvalue weighted by Gasteiger charge is 2.25. The van der Waals surface area contributed by atoms with Crippen LogP contribution < -0.4 is 4.72 Å². The maximum Gasteiger partial charge on any atom is 0.349 e. The molecule has 0 saturated carbocycles. The van der Waals surface area contributed by atoms with Crippen molar-refractivity contribution in [2.24, 2.45) is 0 Å². The number of nitrogens with zero attached hydrogens (tertiary/aromatic N) is 2. The average Bonchev–Trinajstić information content (AvgIpc) is 3.24. The Bertz CT molecular complexity index is 821. The first-order valence-corrected chi connectivity index (χ1v) is 9.68. The molecule has 1 aliphatic rings. The summed E-state index contributed by atoms with van der Waals surface area (Å²) in [5, 5.41) is 5.76. The Morgan fingerprint density at radius 3 is 2.92 bits per heavy atom. The average molecular weight is 371 g/mol. The number of aromatic nitrogens is 2. The first-order valence-electron chi connectivity index (χ1n) is 7.32. The summed E-state index contributed by atoms with van der Waals surface area (Å²) in [6, 6.07) is 1.58. The van der Waals surface area contributed by atoms with E-state index in [0.717, 1.165) is 24.2 Å². The zero-order valence-electron chi connectivity index (χ0n) is 13.0. The molecule has 2 aromatic rings. The lowest BCUT2D eigenvalue weighted by molar-refractivity contribution is 0.0602. The van der Waals surface area contributed by atoms with E-state index in [1.54, 1.807) is 10.9 Å². The summed E-state index contributed by atoms with van der Waals surface area (Å²) in [5.74, 6) is -0.678. The van der Waals surface area contributed by atoms with Crippen molar-refractivity contribution >= 4 is 33.0 Å². The fraction of sp³-hybridized carbons (Fsp3) is 0.429. The van der Waals surface area contributed by atoms with E-state index < -0.39 is 16.0 Å². The minimum absolute atomic E-state index is 0.0434. The Morgan fingerprint density at radius 1 is 1.46 bits per heavy atom. The highest BCUT2D eigenvalue weighted by atomic mass is 32.2. The number of ether oxygens (including phenoxy) is 2. The van der Waals surface area contributed by atoms with E-state index in [4.69, 9.17) is 4.74 Å². The van der Waals surface area contributed by atoms with Gasteiger partial charge in [-0.15, -0.1) is 11.3 Å². The Morgan fingerprint density at radius 2 is 2.21 bits per heavy atom. The van der Waals surface area contributed by atoms with E-state index in [1.807, 2.05) is 0 Å². The topological polar surface area (TPSA) is 99.5 Å². The van der Waals surface area contributed by atoms with Crippen LogP contribution in [-0.2, 0) is 19.5 Å². The second-order valence-electron chi connectivity index (χ2n) is 5.26. The highest BCUT2D eigenvalue weighted by molar-refractivity contribution is 7.93. The molecule has 24 heavy (non-hydrogen) atoms. The third kappa shape index (κ3) is 3.45. The van der Waals surface area contributed by atoms with E-state index in [0.29, 0.717) is 18.9 Å². The van der Waals surface area contributed by atoms with Crippen LogP contribution in [0.5, 0.6) is 0 Å². The molecule has 1 aliphatic heterocycles. The van der Waals surface area contributed by atoms with E-state index in [1.165, 1.54) is 24.8 Å². The fourth-order valence-corrected chi connectivity index (χ4v) is 4.86. The molecule has 0 spiro atoms. The molecule has 0 bridgehead atoms. The van der Waals surface area contributed by atoms with Gasteiger partial charge in [0.15, 0.2) is 0 Å². The SMILES string of the molecule is COC(=O)c1sccc1S(=O)(=O)Nc1cnn(C2CCOCC2)c1. The van der Waals surface area contributed by atoms with E-state index in [9.17, 15) is 13.2 Å². The summed E-state index contributed by atoms with van der Waals surface area (Å²) < 4.78 is 39.2. The molecule has 1 saturated heterocycles. The molecule has 1 N–H and O–H groups in total. The maximum atomic E-state index is 12.5. The van der Waals surface area contributed by atoms with Gasteiger partial charge in [-0.25, -0.2) is 13.2 Å². The Balaban J connectivity index is 1.79. The Kier molecular flexibility index (Phi) is 4.88. The molecule has 10 heteroatoms. The van der Waals surface area contributed by atoms with E-state index >= 15 is 0 Å². The molecule has 0 aliphatic carbocycles. The second-order valence-corrected chi connectivity index (χ2v) is 7.83. The van der Waals surface area contributed by atoms with Crippen molar-refractivity contribution in [3.8, 4) is 0 Å². The van der Waals surface area contributed by atoms with Gasteiger partial charge >= 0.3 is 5.97 Å².